The summed E-state index contributed by atoms with van der Waals surface area (Å²) in [5.74, 6) is 1.36. The third-order valence-corrected chi connectivity index (χ3v) is 16.3. The van der Waals surface area contributed by atoms with Crippen molar-refractivity contribution in [2.24, 2.45) is 5.73 Å². The summed E-state index contributed by atoms with van der Waals surface area (Å²) in [6.07, 6.45) is 6.35. The number of aryl methyl sites for hydroxylation is 5. The Balaban J connectivity index is 0.000000282. The number of hydrogen-bond acceptors (Lipinski definition) is 17. The molecule has 0 saturated carbocycles. The second-order valence-corrected chi connectivity index (χ2v) is 21.4. The van der Waals surface area contributed by atoms with Gasteiger partial charge in [0.2, 0.25) is 23.1 Å². The minimum Gasteiger partial charge on any atom is -0.493 e. The van der Waals surface area contributed by atoms with Gasteiger partial charge >= 0.3 is 11.9 Å². The van der Waals surface area contributed by atoms with Gasteiger partial charge in [0.1, 0.15) is 12.1 Å². The van der Waals surface area contributed by atoms with E-state index in [0.717, 1.165) is 62.9 Å². The number of carboxylic acid groups (broad SMARTS) is 1. The standard InChI is InChI=1S/C29H28N2O5S.C20H23NO4S.C10H9NO2.C9H7NO2.2CH4/c1-16-8-7-9-19(26(16)30-2)29(33)31-21-12-10-17-14-23(34-3)27(35-4)28(36-5)25(17)18-11-13-24(37-6)22(32)15-20(18)21;1-23-16-9-11-5-7-14(21)13-10-15(22)17(26-4)8-6-12(13)18(11)20(25-3)19(16)24-2;1-7-4-3-5-8(9(7)6-11)10(12)13-2;1-6-3-2-4-7(9(11)12)8(6)5-10;;/h7-9,11,13-15,21H,10,12H2,1,3-6H3,(H,31,33);6,8-10,14H,5,7,21H2,1-4H3;3-5H,1-2H3;2-4H,1H3,(H,11,12);2*1H4/t21-;14-;;;;/m00..../s1. The molecule has 0 radical (unpaired) electrons. The summed E-state index contributed by atoms with van der Waals surface area (Å²) in [6, 6.07) is 32.9. The van der Waals surface area contributed by atoms with Gasteiger partial charge in [0.25, 0.3) is 0 Å². The van der Waals surface area contributed by atoms with E-state index in [2.05, 4.69) is 14.9 Å². The van der Waals surface area contributed by atoms with Gasteiger partial charge in [0.15, 0.2) is 33.9 Å². The number of nitriles is 2. The second kappa shape index (κ2) is 33.5. The molecule has 9 rings (SSSR count). The molecule has 2 aliphatic rings. The molecule has 0 unspecified atom stereocenters. The topological polar surface area (TPSA) is 260 Å². The fourth-order valence-corrected chi connectivity index (χ4v) is 11.4. The van der Waals surface area contributed by atoms with Crippen LogP contribution >= 0.6 is 23.5 Å². The molecule has 90 heavy (non-hydrogen) atoms. The quantitative estimate of drug-likeness (QED) is 0.0583. The van der Waals surface area contributed by atoms with Crippen molar-refractivity contribution in [2.45, 2.75) is 83.2 Å². The highest BCUT2D eigenvalue weighted by Gasteiger charge is 2.32. The second-order valence-electron chi connectivity index (χ2n) is 19.7. The summed E-state index contributed by atoms with van der Waals surface area (Å²) in [5.41, 5.74) is 17.0. The number of amides is 1. The molecule has 0 bridgehead atoms. The Bertz CT molecular complexity index is 4080. The largest absolute Gasteiger partial charge is 0.493 e. The monoisotopic (exact) mass is 1260 g/mol. The number of carbonyl (C=O) groups excluding carboxylic acids is 2. The van der Waals surface area contributed by atoms with E-state index in [1.54, 1.807) is 117 Å². The fourth-order valence-electron chi connectivity index (χ4n) is 10.4. The highest BCUT2D eigenvalue weighted by molar-refractivity contribution is 7.98. The molecule has 0 spiro atoms. The number of thioether (sulfide) groups is 2. The zero-order valence-electron chi connectivity index (χ0n) is 50.9. The number of methoxy groups -OCH3 is 7. The number of rotatable bonds is 12. The van der Waals surface area contributed by atoms with E-state index in [1.165, 1.54) is 36.7 Å². The number of esters is 1. The summed E-state index contributed by atoms with van der Waals surface area (Å²) in [5, 5.41) is 29.2. The van der Waals surface area contributed by atoms with Crippen LogP contribution in [-0.4, -0.2) is 85.2 Å². The Morgan fingerprint density at radius 1 is 0.600 bits per heavy atom. The third-order valence-electron chi connectivity index (χ3n) is 14.8. The summed E-state index contributed by atoms with van der Waals surface area (Å²) < 4.78 is 38.3. The number of ether oxygens (including phenoxy) is 7. The van der Waals surface area contributed by atoms with Crippen LogP contribution in [0.1, 0.15) is 121 Å². The molecule has 0 aliphatic heterocycles. The molecule has 0 saturated heterocycles. The third kappa shape index (κ3) is 15.7. The Morgan fingerprint density at radius 2 is 1.03 bits per heavy atom. The molecular weight excluding hydrogens is 1180 g/mol. The number of nitrogens with two attached hydrogens (primary N) is 1. The lowest BCUT2D eigenvalue weighted by atomic mass is 9.95. The maximum absolute atomic E-state index is 13.4. The number of fused-ring (bicyclic) bond motifs is 6. The van der Waals surface area contributed by atoms with Crippen molar-refractivity contribution in [1.29, 1.82) is 10.5 Å². The molecule has 2 aliphatic carbocycles. The predicted molar refractivity (Wildman–Crippen MR) is 354 cm³/mol. The number of carbonyl (C=O) groups is 3. The first kappa shape index (κ1) is 72.7. The number of hydrogen-bond donors (Lipinski definition) is 3. The molecule has 7 aromatic carbocycles. The van der Waals surface area contributed by atoms with E-state index in [0.29, 0.717) is 90.6 Å². The molecule has 1 amide bonds. The number of nitrogens with zero attached hydrogens (tertiary/aromatic N) is 3. The lowest BCUT2D eigenvalue weighted by Gasteiger charge is -2.20. The minimum absolute atomic E-state index is 0. The van der Waals surface area contributed by atoms with E-state index >= 15 is 0 Å². The van der Waals surface area contributed by atoms with Gasteiger partial charge in [-0.1, -0.05) is 69.5 Å². The Morgan fingerprint density at radius 3 is 1.46 bits per heavy atom. The maximum atomic E-state index is 13.4. The average Bonchev–Trinajstić information content (AvgIpc) is 1.55. The van der Waals surface area contributed by atoms with Gasteiger partial charge in [-0.3, -0.25) is 14.4 Å². The van der Waals surface area contributed by atoms with Gasteiger partial charge in [-0.2, -0.15) is 10.5 Å². The average molecular weight is 1260 g/mol. The van der Waals surface area contributed by atoms with Gasteiger partial charge in [-0.25, -0.2) is 14.4 Å². The van der Waals surface area contributed by atoms with Crippen LogP contribution in [-0.2, 0) is 17.6 Å². The zero-order chi connectivity index (χ0) is 64.5. The molecule has 0 aromatic heterocycles. The first-order valence-corrected chi connectivity index (χ1v) is 29.7. The zero-order valence-corrected chi connectivity index (χ0v) is 52.5. The van der Waals surface area contributed by atoms with Crippen molar-refractivity contribution in [2.75, 3.05) is 62.3 Å². The Kier molecular flexibility index (Phi) is 27.1. The first-order valence-electron chi connectivity index (χ1n) is 27.2. The summed E-state index contributed by atoms with van der Waals surface area (Å²) >= 11 is 2.80. The number of carboxylic acids is 1. The molecule has 2 atom stereocenters. The first-order chi connectivity index (χ1) is 42.3. The van der Waals surface area contributed by atoms with Crippen LogP contribution in [0.25, 0.3) is 27.1 Å². The van der Waals surface area contributed by atoms with Crippen LogP contribution in [0.15, 0.2) is 123 Å². The van der Waals surface area contributed by atoms with Crippen molar-refractivity contribution < 1.29 is 52.6 Å². The van der Waals surface area contributed by atoms with E-state index in [9.17, 15) is 24.0 Å². The van der Waals surface area contributed by atoms with Crippen molar-refractivity contribution >= 4 is 47.1 Å². The van der Waals surface area contributed by atoms with Crippen LogP contribution in [0.5, 0.6) is 34.5 Å². The van der Waals surface area contributed by atoms with Gasteiger partial charge in [-0.05, 0) is 158 Å². The highest BCUT2D eigenvalue weighted by atomic mass is 32.2. The summed E-state index contributed by atoms with van der Waals surface area (Å²) in [6.45, 7) is 12.9. The molecule has 18 nitrogen and oxygen atoms in total. The lowest BCUT2D eigenvalue weighted by molar-refractivity contribution is 0.0599. The number of para-hydroxylation sites is 1. The van der Waals surface area contributed by atoms with Crippen LogP contribution in [0.4, 0.5) is 5.69 Å². The minimum atomic E-state index is -1.06. The van der Waals surface area contributed by atoms with Gasteiger partial charge in [0, 0.05) is 22.7 Å². The maximum Gasteiger partial charge on any atom is 0.339 e. The lowest BCUT2D eigenvalue weighted by Crippen LogP contribution is -2.29. The number of benzene rings is 5. The number of aromatic carboxylic acids is 1. The van der Waals surface area contributed by atoms with Gasteiger partial charge < -0.3 is 49.3 Å². The van der Waals surface area contributed by atoms with E-state index in [4.69, 9.17) is 56.4 Å². The van der Waals surface area contributed by atoms with E-state index in [1.807, 2.05) is 68.0 Å². The van der Waals surface area contributed by atoms with Gasteiger partial charge in [-0.15, -0.1) is 23.5 Å². The van der Waals surface area contributed by atoms with E-state index < -0.39 is 18.0 Å². The normalized spacial score (nSPS) is 12.7. The summed E-state index contributed by atoms with van der Waals surface area (Å²) in [7, 11) is 10.8. The predicted octanol–water partition coefficient (Wildman–Crippen LogP) is 13.6. The molecule has 470 valence electrons. The molecule has 20 heteroatoms. The Hall–Kier alpha value is -9.78. The highest BCUT2D eigenvalue weighted by Crippen LogP contribution is 2.52. The van der Waals surface area contributed by atoms with Crippen LogP contribution < -0.4 is 50.3 Å². The van der Waals surface area contributed by atoms with Crippen molar-refractivity contribution in [3.63, 3.8) is 0 Å². The SMILES string of the molecule is C.C.COC(=O)c1cccc(C)c1C#N.COc1cc2c(c(OC)c1OC)-c1ccc(SC)c(=O)cc1[C@@H](N)CC2.Cc1cccc(C(=O)O)c1C#N.[C-]#[N+]c1c(C)cccc1C(=O)N[C@H]1CCc2cc(OC)c(OC)c(OC)c2-c2ccc(SC)c(=O)cc21. The summed E-state index contributed by atoms with van der Waals surface area (Å²) in [4.78, 5) is 65.7. The van der Waals surface area contributed by atoms with Crippen molar-refractivity contribution in [3.05, 3.63) is 202 Å². The molecule has 7 aromatic rings. The smallest absolute Gasteiger partial charge is 0.339 e. The Labute approximate surface area is 534 Å². The molecule has 0 heterocycles. The van der Waals surface area contributed by atoms with Crippen LogP contribution in [0, 0.1) is 50.0 Å². The van der Waals surface area contributed by atoms with Crippen molar-refractivity contribution in [3.8, 4) is 68.9 Å². The van der Waals surface area contributed by atoms with Crippen LogP contribution in [0.2, 0.25) is 0 Å². The van der Waals surface area contributed by atoms with Gasteiger partial charge in [0.05, 0.1) is 94.4 Å². The van der Waals surface area contributed by atoms with Crippen molar-refractivity contribution in [1.82, 2.24) is 5.32 Å². The number of nitrogens with one attached hydrogen (secondary N) is 1. The van der Waals surface area contributed by atoms with Crippen LogP contribution in [0.3, 0.4) is 0 Å². The molecule has 4 N–H and O–H groups in total. The molecular formula is C70H75N5O13S2. The molecule has 0 fully saturated rings. The van der Waals surface area contributed by atoms with E-state index in [-0.39, 0.29) is 48.8 Å². The fraction of sp³-hybridized carbons (Fsp3) is 0.286.